The maximum atomic E-state index is 12.6. The van der Waals surface area contributed by atoms with Gasteiger partial charge in [-0.3, -0.25) is 0 Å². The van der Waals surface area contributed by atoms with Gasteiger partial charge in [-0.25, -0.2) is 12.8 Å². The van der Waals surface area contributed by atoms with E-state index in [4.69, 9.17) is 11.6 Å². The Labute approximate surface area is 98.8 Å². The molecule has 0 fully saturated rings. The second kappa shape index (κ2) is 5.12. The molecule has 0 spiro atoms. The topological polar surface area (TPSA) is 54.4 Å². The van der Waals surface area contributed by atoms with Crippen molar-refractivity contribution in [1.82, 2.24) is 0 Å². The highest BCUT2D eigenvalue weighted by Crippen LogP contribution is 2.25. The van der Waals surface area contributed by atoms with Crippen molar-refractivity contribution in [1.29, 1.82) is 0 Å². The molecule has 0 amide bonds. The first-order valence-electron chi connectivity index (χ1n) is 4.67. The third kappa shape index (κ3) is 2.93. The number of sulfone groups is 1. The van der Waals surface area contributed by atoms with E-state index in [1.54, 1.807) is 0 Å². The number of hydrogen-bond donors (Lipinski definition) is 1. The molecule has 6 heteroatoms. The molecule has 2 atom stereocenters. The fraction of sp³-hybridized carbons (Fsp3) is 0.400. The number of halogens is 2. The summed E-state index contributed by atoms with van der Waals surface area (Å²) in [4.78, 5) is 0. The first kappa shape index (κ1) is 13.4. The maximum absolute atomic E-state index is 12.6. The Morgan fingerprint density at radius 2 is 1.88 bits per heavy atom. The molecule has 1 aromatic rings. The lowest BCUT2D eigenvalue weighted by Crippen LogP contribution is -2.24. The molecule has 0 unspecified atom stereocenters. The van der Waals surface area contributed by atoms with Crippen molar-refractivity contribution < 1.29 is 17.9 Å². The van der Waals surface area contributed by atoms with E-state index in [2.05, 4.69) is 0 Å². The standard InChI is InChI=1S/C10H12ClFO3S/c1-2-16(14,15)10(11)9(13)7-3-5-8(12)6-4-7/h3-6,9-10,13H,2H2,1H3/t9-,10+/m1/s1. The summed E-state index contributed by atoms with van der Waals surface area (Å²) in [6, 6.07) is 4.89. The van der Waals surface area contributed by atoms with Crippen molar-refractivity contribution in [3.63, 3.8) is 0 Å². The van der Waals surface area contributed by atoms with Gasteiger partial charge >= 0.3 is 0 Å². The fourth-order valence-corrected chi connectivity index (χ4v) is 2.56. The zero-order valence-electron chi connectivity index (χ0n) is 8.60. The van der Waals surface area contributed by atoms with E-state index in [1.165, 1.54) is 19.1 Å². The highest BCUT2D eigenvalue weighted by Gasteiger charge is 2.29. The Hall–Kier alpha value is -0.650. The van der Waals surface area contributed by atoms with Gasteiger partial charge in [-0.05, 0) is 17.7 Å². The summed E-state index contributed by atoms with van der Waals surface area (Å²) in [5.41, 5.74) is 0.276. The van der Waals surface area contributed by atoms with Crippen molar-refractivity contribution in [2.24, 2.45) is 0 Å². The lowest BCUT2D eigenvalue weighted by atomic mass is 10.1. The molecule has 1 rings (SSSR count). The summed E-state index contributed by atoms with van der Waals surface area (Å²) >= 11 is 5.67. The third-order valence-electron chi connectivity index (χ3n) is 2.21. The van der Waals surface area contributed by atoms with Gasteiger partial charge in [-0.2, -0.15) is 0 Å². The van der Waals surface area contributed by atoms with E-state index in [-0.39, 0.29) is 11.3 Å². The van der Waals surface area contributed by atoms with Crippen molar-refractivity contribution in [3.8, 4) is 0 Å². The maximum Gasteiger partial charge on any atom is 0.169 e. The Balaban J connectivity index is 2.94. The monoisotopic (exact) mass is 266 g/mol. The Morgan fingerprint density at radius 3 is 2.31 bits per heavy atom. The van der Waals surface area contributed by atoms with Crippen LogP contribution in [0.5, 0.6) is 0 Å². The lowest BCUT2D eigenvalue weighted by Gasteiger charge is -2.16. The zero-order valence-corrected chi connectivity index (χ0v) is 10.2. The van der Waals surface area contributed by atoms with Gasteiger partial charge < -0.3 is 5.11 Å². The van der Waals surface area contributed by atoms with Crippen LogP contribution >= 0.6 is 11.6 Å². The molecule has 0 aliphatic carbocycles. The van der Waals surface area contributed by atoms with Gasteiger partial charge in [0.15, 0.2) is 14.5 Å². The predicted octanol–water partition coefficient (Wildman–Crippen LogP) is 1.86. The van der Waals surface area contributed by atoms with E-state index in [9.17, 15) is 17.9 Å². The second-order valence-electron chi connectivity index (χ2n) is 3.30. The highest BCUT2D eigenvalue weighted by atomic mass is 35.5. The summed E-state index contributed by atoms with van der Waals surface area (Å²) in [5.74, 6) is -0.611. The summed E-state index contributed by atoms with van der Waals surface area (Å²) < 4.78 is 34.0. The minimum atomic E-state index is -3.53. The van der Waals surface area contributed by atoms with E-state index < -0.39 is 26.5 Å². The summed E-state index contributed by atoms with van der Waals surface area (Å²) in [6.45, 7) is 1.45. The van der Waals surface area contributed by atoms with Gasteiger partial charge in [0, 0.05) is 5.75 Å². The van der Waals surface area contributed by atoms with Crippen LogP contribution in [0.3, 0.4) is 0 Å². The van der Waals surface area contributed by atoms with Gasteiger partial charge in [0.1, 0.15) is 11.9 Å². The molecule has 1 aromatic carbocycles. The SMILES string of the molecule is CCS(=O)(=O)[C@H](Cl)[C@H](O)c1ccc(F)cc1. The second-order valence-corrected chi connectivity index (χ2v) is 6.44. The smallest absolute Gasteiger partial charge is 0.169 e. The molecule has 90 valence electrons. The Kier molecular flexibility index (Phi) is 4.29. The number of aliphatic hydroxyl groups is 1. The molecule has 0 aromatic heterocycles. The average molecular weight is 267 g/mol. The summed E-state index contributed by atoms with van der Waals surface area (Å²) in [5, 5.41) is 9.71. The van der Waals surface area contributed by atoms with E-state index >= 15 is 0 Å². The van der Waals surface area contributed by atoms with E-state index in [0.717, 1.165) is 12.1 Å². The molecular weight excluding hydrogens is 255 g/mol. The van der Waals surface area contributed by atoms with Gasteiger partial charge in [0.25, 0.3) is 0 Å². The van der Waals surface area contributed by atoms with Crippen molar-refractivity contribution in [2.45, 2.75) is 17.7 Å². The van der Waals surface area contributed by atoms with Crippen LogP contribution in [-0.4, -0.2) is 24.0 Å². The van der Waals surface area contributed by atoms with Crippen LogP contribution in [0.2, 0.25) is 0 Å². The number of alkyl halides is 1. The molecular formula is C10H12ClFO3S. The third-order valence-corrected chi connectivity index (χ3v) is 5.01. The molecule has 0 aliphatic rings. The molecule has 3 nitrogen and oxygen atoms in total. The van der Waals surface area contributed by atoms with Crippen LogP contribution in [0.1, 0.15) is 18.6 Å². The summed E-state index contributed by atoms with van der Waals surface area (Å²) in [6.07, 6.45) is -1.35. The van der Waals surface area contributed by atoms with Crippen LogP contribution in [0.15, 0.2) is 24.3 Å². The van der Waals surface area contributed by atoms with E-state index in [1.807, 2.05) is 0 Å². The van der Waals surface area contributed by atoms with Gasteiger partial charge in [0.2, 0.25) is 0 Å². The van der Waals surface area contributed by atoms with Crippen LogP contribution in [-0.2, 0) is 9.84 Å². The molecule has 0 saturated carbocycles. The Morgan fingerprint density at radius 1 is 1.38 bits per heavy atom. The van der Waals surface area contributed by atoms with Crippen LogP contribution in [0.4, 0.5) is 4.39 Å². The molecule has 0 aliphatic heterocycles. The number of aliphatic hydroxyl groups excluding tert-OH is 1. The van der Waals surface area contributed by atoms with Crippen molar-refractivity contribution >= 4 is 21.4 Å². The zero-order chi connectivity index (χ0) is 12.3. The molecule has 0 heterocycles. The lowest BCUT2D eigenvalue weighted by molar-refractivity contribution is 0.191. The molecule has 1 N–H and O–H groups in total. The average Bonchev–Trinajstić information content (AvgIpc) is 2.28. The summed E-state index contributed by atoms with van der Waals surface area (Å²) in [7, 11) is -3.53. The predicted molar refractivity (Wildman–Crippen MR) is 60.5 cm³/mol. The normalized spacial score (nSPS) is 15.8. The number of benzene rings is 1. The van der Waals surface area contributed by atoms with Gasteiger partial charge in [-0.1, -0.05) is 19.1 Å². The van der Waals surface area contributed by atoms with Crippen molar-refractivity contribution in [2.75, 3.05) is 5.75 Å². The molecule has 16 heavy (non-hydrogen) atoms. The first-order chi connectivity index (χ1) is 7.38. The van der Waals surface area contributed by atoms with Gasteiger partial charge in [-0.15, -0.1) is 11.6 Å². The first-order valence-corrected chi connectivity index (χ1v) is 6.83. The van der Waals surface area contributed by atoms with Crippen LogP contribution < -0.4 is 0 Å². The van der Waals surface area contributed by atoms with Gasteiger partial charge in [0.05, 0.1) is 0 Å². The molecule has 0 radical (unpaired) electrons. The molecule has 0 saturated heterocycles. The number of hydrogen-bond acceptors (Lipinski definition) is 3. The van der Waals surface area contributed by atoms with Crippen molar-refractivity contribution in [3.05, 3.63) is 35.6 Å². The molecule has 0 bridgehead atoms. The minimum absolute atomic E-state index is 0.153. The quantitative estimate of drug-likeness (QED) is 0.847. The van der Waals surface area contributed by atoms with E-state index in [0.29, 0.717) is 0 Å². The fourth-order valence-electron chi connectivity index (χ4n) is 1.17. The van der Waals surface area contributed by atoms with Crippen LogP contribution in [0, 0.1) is 5.82 Å². The minimum Gasteiger partial charge on any atom is -0.386 e. The highest BCUT2D eigenvalue weighted by molar-refractivity contribution is 7.93. The largest absolute Gasteiger partial charge is 0.386 e. The number of rotatable bonds is 4. The Bertz CT molecular complexity index is 444. The van der Waals surface area contributed by atoms with Crippen LogP contribution in [0.25, 0.3) is 0 Å².